The maximum absolute atomic E-state index is 12.1. The summed E-state index contributed by atoms with van der Waals surface area (Å²) in [4.78, 5) is 13.9. The van der Waals surface area contributed by atoms with Crippen molar-refractivity contribution >= 4 is 15.7 Å². The van der Waals surface area contributed by atoms with Crippen LogP contribution >= 0.6 is 0 Å². The summed E-state index contributed by atoms with van der Waals surface area (Å²) in [6.45, 7) is 3.08. The minimum Gasteiger partial charge on any atom is -0.342 e. The van der Waals surface area contributed by atoms with Crippen LogP contribution in [0.1, 0.15) is 32.1 Å². The van der Waals surface area contributed by atoms with Crippen molar-refractivity contribution in [2.24, 2.45) is 5.92 Å². The highest BCUT2D eigenvalue weighted by atomic mass is 32.2. The standard InChI is InChI=1S/C13H24N2O3S/c16-13(5-4-12-3-1-6-14-11-12)15-7-2-9-19(17,18)10-8-15/h12,14H,1-11H2. The van der Waals surface area contributed by atoms with E-state index in [0.717, 1.165) is 19.5 Å². The van der Waals surface area contributed by atoms with E-state index >= 15 is 0 Å². The van der Waals surface area contributed by atoms with Gasteiger partial charge in [-0.3, -0.25) is 4.79 Å². The van der Waals surface area contributed by atoms with Gasteiger partial charge in [0.2, 0.25) is 5.91 Å². The van der Waals surface area contributed by atoms with Crippen LogP contribution in [0.2, 0.25) is 0 Å². The lowest BCUT2D eigenvalue weighted by molar-refractivity contribution is -0.131. The molecule has 1 N–H and O–H groups in total. The molecular weight excluding hydrogens is 264 g/mol. The maximum Gasteiger partial charge on any atom is 0.222 e. The van der Waals surface area contributed by atoms with Gasteiger partial charge in [-0.25, -0.2) is 8.42 Å². The van der Waals surface area contributed by atoms with Gasteiger partial charge in [0, 0.05) is 19.5 Å². The lowest BCUT2D eigenvalue weighted by Crippen LogP contribution is -2.35. The van der Waals surface area contributed by atoms with Crippen LogP contribution in [0, 0.1) is 5.92 Å². The van der Waals surface area contributed by atoms with E-state index in [1.54, 1.807) is 4.90 Å². The number of nitrogens with one attached hydrogen (secondary N) is 1. The third-order valence-corrected chi connectivity index (χ3v) is 5.79. The van der Waals surface area contributed by atoms with Crippen molar-refractivity contribution in [3.63, 3.8) is 0 Å². The third-order valence-electron chi connectivity index (χ3n) is 4.07. The predicted octanol–water partition coefficient (Wildman–Crippen LogP) is 0.413. The van der Waals surface area contributed by atoms with Gasteiger partial charge in [-0.2, -0.15) is 0 Å². The second-order valence-corrected chi connectivity index (χ2v) is 7.94. The van der Waals surface area contributed by atoms with E-state index in [0.29, 0.717) is 31.8 Å². The van der Waals surface area contributed by atoms with E-state index in [1.165, 1.54) is 12.8 Å². The zero-order chi connectivity index (χ0) is 13.7. The van der Waals surface area contributed by atoms with Gasteiger partial charge < -0.3 is 10.2 Å². The van der Waals surface area contributed by atoms with E-state index in [-0.39, 0.29) is 17.4 Å². The van der Waals surface area contributed by atoms with Crippen LogP contribution in [0.3, 0.4) is 0 Å². The molecule has 5 nitrogen and oxygen atoms in total. The summed E-state index contributed by atoms with van der Waals surface area (Å²) in [5.74, 6) is 1.09. The summed E-state index contributed by atoms with van der Waals surface area (Å²) < 4.78 is 23.0. The van der Waals surface area contributed by atoms with Crippen LogP contribution in [0.25, 0.3) is 0 Å². The van der Waals surface area contributed by atoms with Crippen molar-refractivity contribution in [2.45, 2.75) is 32.1 Å². The fourth-order valence-corrected chi connectivity index (χ4v) is 4.12. The van der Waals surface area contributed by atoms with Gasteiger partial charge in [0.1, 0.15) is 0 Å². The van der Waals surface area contributed by atoms with Crippen molar-refractivity contribution in [1.82, 2.24) is 10.2 Å². The summed E-state index contributed by atoms with van der Waals surface area (Å²) in [5, 5.41) is 3.35. The molecule has 0 aromatic carbocycles. The molecule has 2 fully saturated rings. The smallest absolute Gasteiger partial charge is 0.222 e. The number of carbonyl (C=O) groups excluding carboxylic acids is 1. The highest BCUT2D eigenvalue weighted by Crippen LogP contribution is 2.17. The third kappa shape index (κ3) is 4.76. The molecule has 6 heteroatoms. The van der Waals surface area contributed by atoms with Crippen molar-refractivity contribution in [1.29, 1.82) is 0 Å². The Hall–Kier alpha value is -0.620. The first kappa shape index (κ1) is 14.8. The largest absolute Gasteiger partial charge is 0.342 e. The maximum atomic E-state index is 12.1. The first-order chi connectivity index (χ1) is 9.07. The number of carbonyl (C=O) groups is 1. The normalized spacial score (nSPS) is 27.8. The number of nitrogens with zero attached hydrogens (tertiary/aromatic N) is 1. The molecule has 1 unspecified atom stereocenters. The molecule has 19 heavy (non-hydrogen) atoms. The first-order valence-electron chi connectivity index (χ1n) is 7.26. The van der Waals surface area contributed by atoms with Crippen molar-refractivity contribution in [2.75, 3.05) is 37.7 Å². The number of amides is 1. The van der Waals surface area contributed by atoms with Crippen LogP contribution in [0.4, 0.5) is 0 Å². The average molecular weight is 288 g/mol. The second-order valence-electron chi connectivity index (χ2n) is 5.64. The fraction of sp³-hybridized carbons (Fsp3) is 0.923. The molecule has 1 atom stereocenters. The van der Waals surface area contributed by atoms with E-state index < -0.39 is 9.84 Å². The number of hydrogen-bond acceptors (Lipinski definition) is 4. The minimum atomic E-state index is -2.92. The van der Waals surface area contributed by atoms with Crippen molar-refractivity contribution < 1.29 is 13.2 Å². The summed E-state index contributed by atoms with van der Waals surface area (Å²) in [6.07, 6.45) is 4.47. The lowest BCUT2D eigenvalue weighted by atomic mass is 9.94. The zero-order valence-corrected chi connectivity index (χ0v) is 12.3. The molecule has 0 spiro atoms. The van der Waals surface area contributed by atoms with Gasteiger partial charge in [0.15, 0.2) is 9.84 Å². The Morgan fingerprint density at radius 3 is 2.79 bits per heavy atom. The van der Waals surface area contributed by atoms with Crippen LogP contribution in [0.15, 0.2) is 0 Å². The predicted molar refractivity (Wildman–Crippen MR) is 74.7 cm³/mol. The number of piperidine rings is 1. The Bertz CT molecular complexity index is 402. The van der Waals surface area contributed by atoms with Crippen LogP contribution < -0.4 is 5.32 Å². The van der Waals surface area contributed by atoms with Crippen LogP contribution in [-0.2, 0) is 14.6 Å². The van der Waals surface area contributed by atoms with Crippen LogP contribution in [-0.4, -0.2) is 56.9 Å². The Balaban J connectivity index is 1.76. The second kappa shape index (κ2) is 6.70. The lowest BCUT2D eigenvalue weighted by Gasteiger charge is -2.24. The van der Waals surface area contributed by atoms with Crippen molar-refractivity contribution in [3.8, 4) is 0 Å². The van der Waals surface area contributed by atoms with Gasteiger partial charge in [0.05, 0.1) is 11.5 Å². The topological polar surface area (TPSA) is 66.5 Å². The molecule has 2 aliphatic heterocycles. The van der Waals surface area contributed by atoms with Gasteiger partial charge in [-0.05, 0) is 44.7 Å². The Morgan fingerprint density at radius 2 is 2.05 bits per heavy atom. The molecule has 2 aliphatic rings. The van der Waals surface area contributed by atoms with Gasteiger partial charge in [0.25, 0.3) is 0 Å². The van der Waals surface area contributed by atoms with Gasteiger partial charge in [-0.1, -0.05) is 0 Å². The minimum absolute atomic E-state index is 0.127. The average Bonchev–Trinajstić information content (AvgIpc) is 2.58. The molecular formula is C13H24N2O3S. The monoisotopic (exact) mass is 288 g/mol. The van der Waals surface area contributed by atoms with E-state index in [2.05, 4.69) is 5.32 Å². The molecule has 0 saturated carbocycles. The Kier molecular flexibility index (Phi) is 5.21. The Labute approximate surface area is 115 Å². The molecule has 0 aromatic heterocycles. The number of sulfone groups is 1. The van der Waals surface area contributed by atoms with Crippen molar-refractivity contribution in [3.05, 3.63) is 0 Å². The Morgan fingerprint density at radius 1 is 1.21 bits per heavy atom. The highest BCUT2D eigenvalue weighted by Gasteiger charge is 2.23. The zero-order valence-electron chi connectivity index (χ0n) is 11.4. The van der Waals surface area contributed by atoms with Gasteiger partial charge >= 0.3 is 0 Å². The fourth-order valence-electron chi connectivity index (χ4n) is 2.84. The SMILES string of the molecule is O=C(CCC1CCCNC1)N1CCCS(=O)(=O)CC1. The van der Waals surface area contributed by atoms with E-state index in [1.807, 2.05) is 0 Å². The highest BCUT2D eigenvalue weighted by molar-refractivity contribution is 7.91. The van der Waals surface area contributed by atoms with Gasteiger partial charge in [-0.15, -0.1) is 0 Å². The van der Waals surface area contributed by atoms with E-state index in [4.69, 9.17) is 0 Å². The molecule has 0 aromatic rings. The number of rotatable bonds is 3. The van der Waals surface area contributed by atoms with E-state index in [9.17, 15) is 13.2 Å². The molecule has 0 aliphatic carbocycles. The quantitative estimate of drug-likeness (QED) is 0.817. The summed E-state index contributed by atoms with van der Waals surface area (Å²) in [6, 6.07) is 0. The van der Waals surface area contributed by atoms with Crippen LogP contribution in [0.5, 0.6) is 0 Å². The molecule has 2 saturated heterocycles. The molecule has 2 heterocycles. The molecule has 110 valence electrons. The first-order valence-corrected chi connectivity index (χ1v) is 9.08. The summed E-state index contributed by atoms with van der Waals surface area (Å²) in [5.41, 5.74) is 0. The number of hydrogen-bond donors (Lipinski definition) is 1. The molecule has 0 radical (unpaired) electrons. The molecule has 1 amide bonds. The summed E-state index contributed by atoms with van der Waals surface area (Å²) >= 11 is 0. The molecule has 0 bridgehead atoms. The molecule has 2 rings (SSSR count). The summed E-state index contributed by atoms with van der Waals surface area (Å²) in [7, 11) is -2.92.